The largest absolute Gasteiger partial charge is 0.375 e. The minimum absolute atomic E-state index is 0.0279. The van der Waals surface area contributed by atoms with Crippen LogP contribution in [0.25, 0.3) is 0 Å². The standard InChI is InChI=1S/C11H21NO/c1-2-3-9-13-10-11(12)7-5-4-6-8-11/h2-3H,4-10,12H2,1H3. The first kappa shape index (κ1) is 10.7. The lowest BCUT2D eigenvalue weighted by molar-refractivity contribution is 0.0855. The number of allylic oxidation sites excluding steroid dienone is 1. The van der Waals surface area contributed by atoms with E-state index in [9.17, 15) is 0 Å². The minimum atomic E-state index is -0.0279. The molecule has 0 atom stereocenters. The fraction of sp³-hybridized carbons (Fsp3) is 0.818. The number of hydrogen-bond donors (Lipinski definition) is 1. The Hall–Kier alpha value is -0.340. The molecule has 0 aliphatic heterocycles. The Kier molecular flexibility index (Phi) is 4.46. The molecule has 0 amide bonds. The summed E-state index contributed by atoms with van der Waals surface area (Å²) in [5.74, 6) is 0. The van der Waals surface area contributed by atoms with Gasteiger partial charge in [-0.25, -0.2) is 0 Å². The summed E-state index contributed by atoms with van der Waals surface area (Å²) in [6.45, 7) is 3.43. The average molecular weight is 183 g/mol. The molecule has 76 valence electrons. The summed E-state index contributed by atoms with van der Waals surface area (Å²) in [5.41, 5.74) is 6.16. The predicted octanol–water partition coefficient (Wildman–Crippen LogP) is 2.24. The lowest BCUT2D eigenvalue weighted by Crippen LogP contribution is -2.46. The maximum Gasteiger partial charge on any atom is 0.0650 e. The Morgan fingerprint density at radius 1 is 1.31 bits per heavy atom. The first-order chi connectivity index (χ1) is 6.27. The van der Waals surface area contributed by atoms with Crippen molar-refractivity contribution >= 4 is 0 Å². The highest BCUT2D eigenvalue weighted by atomic mass is 16.5. The molecule has 0 unspecified atom stereocenters. The monoisotopic (exact) mass is 183 g/mol. The molecule has 0 aromatic heterocycles. The van der Waals surface area contributed by atoms with Crippen molar-refractivity contribution in [1.29, 1.82) is 0 Å². The third-order valence-electron chi connectivity index (χ3n) is 2.69. The van der Waals surface area contributed by atoms with Gasteiger partial charge < -0.3 is 10.5 Å². The highest BCUT2D eigenvalue weighted by molar-refractivity contribution is 4.87. The van der Waals surface area contributed by atoms with Gasteiger partial charge in [0.05, 0.1) is 13.2 Å². The average Bonchev–Trinajstić information content (AvgIpc) is 2.14. The van der Waals surface area contributed by atoms with Crippen LogP contribution in [0.15, 0.2) is 12.2 Å². The molecule has 0 bridgehead atoms. The van der Waals surface area contributed by atoms with Gasteiger partial charge in [-0.15, -0.1) is 0 Å². The molecule has 2 nitrogen and oxygen atoms in total. The van der Waals surface area contributed by atoms with Crippen LogP contribution in [0.2, 0.25) is 0 Å². The topological polar surface area (TPSA) is 35.2 Å². The maximum absolute atomic E-state index is 6.19. The van der Waals surface area contributed by atoms with Crippen LogP contribution >= 0.6 is 0 Å². The number of hydrogen-bond acceptors (Lipinski definition) is 2. The SMILES string of the molecule is CC=CCOCC1(N)CCCCC1. The summed E-state index contributed by atoms with van der Waals surface area (Å²) in [5, 5.41) is 0. The summed E-state index contributed by atoms with van der Waals surface area (Å²) >= 11 is 0. The van der Waals surface area contributed by atoms with E-state index < -0.39 is 0 Å². The van der Waals surface area contributed by atoms with Crippen molar-refractivity contribution in [2.75, 3.05) is 13.2 Å². The van der Waals surface area contributed by atoms with Crippen LogP contribution in [0.5, 0.6) is 0 Å². The molecular formula is C11H21NO. The molecule has 0 radical (unpaired) electrons. The second kappa shape index (κ2) is 5.40. The Balaban J connectivity index is 2.17. The lowest BCUT2D eigenvalue weighted by atomic mass is 9.83. The molecule has 1 aliphatic carbocycles. The summed E-state index contributed by atoms with van der Waals surface area (Å²) in [6.07, 6.45) is 10.2. The smallest absolute Gasteiger partial charge is 0.0650 e. The normalized spacial score (nSPS) is 22.3. The van der Waals surface area contributed by atoms with Crippen LogP contribution in [0, 0.1) is 0 Å². The van der Waals surface area contributed by atoms with Gasteiger partial charge in [-0.05, 0) is 19.8 Å². The van der Waals surface area contributed by atoms with Gasteiger partial charge in [0.1, 0.15) is 0 Å². The van der Waals surface area contributed by atoms with Crippen LogP contribution in [0.1, 0.15) is 39.0 Å². The molecule has 2 N–H and O–H groups in total. The number of rotatable bonds is 4. The summed E-state index contributed by atoms with van der Waals surface area (Å²) in [6, 6.07) is 0. The van der Waals surface area contributed by atoms with Crippen molar-refractivity contribution in [2.45, 2.75) is 44.6 Å². The Morgan fingerprint density at radius 2 is 2.00 bits per heavy atom. The van der Waals surface area contributed by atoms with Crippen LogP contribution in [0.4, 0.5) is 0 Å². The molecule has 0 saturated heterocycles. The second-order valence-corrected chi connectivity index (χ2v) is 4.01. The molecule has 13 heavy (non-hydrogen) atoms. The Bertz CT molecular complexity index is 159. The predicted molar refractivity (Wildman–Crippen MR) is 55.6 cm³/mol. The molecule has 1 saturated carbocycles. The molecule has 0 aromatic carbocycles. The van der Waals surface area contributed by atoms with Gasteiger partial charge in [-0.1, -0.05) is 31.4 Å². The van der Waals surface area contributed by atoms with E-state index in [4.69, 9.17) is 10.5 Å². The van der Waals surface area contributed by atoms with Gasteiger partial charge in [0.15, 0.2) is 0 Å². The highest BCUT2D eigenvalue weighted by Gasteiger charge is 2.27. The first-order valence-corrected chi connectivity index (χ1v) is 5.25. The van der Waals surface area contributed by atoms with E-state index in [1.165, 1.54) is 19.3 Å². The summed E-state index contributed by atoms with van der Waals surface area (Å²) in [7, 11) is 0. The zero-order valence-corrected chi connectivity index (χ0v) is 8.59. The minimum Gasteiger partial charge on any atom is -0.375 e. The van der Waals surface area contributed by atoms with E-state index in [2.05, 4.69) is 0 Å². The van der Waals surface area contributed by atoms with Gasteiger partial charge in [0.25, 0.3) is 0 Å². The fourth-order valence-corrected chi connectivity index (χ4v) is 1.83. The third-order valence-corrected chi connectivity index (χ3v) is 2.69. The quantitative estimate of drug-likeness (QED) is 0.536. The molecule has 1 aliphatic rings. The van der Waals surface area contributed by atoms with E-state index in [0.29, 0.717) is 6.61 Å². The van der Waals surface area contributed by atoms with Gasteiger partial charge in [0.2, 0.25) is 0 Å². The van der Waals surface area contributed by atoms with E-state index in [-0.39, 0.29) is 5.54 Å². The van der Waals surface area contributed by atoms with Crippen molar-refractivity contribution in [3.63, 3.8) is 0 Å². The van der Waals surface area contributed by atoms with Gasteiger partial charge in [-0.3, -0.25) is 0 Å². The van der Waals surface area contributed by atoms with E-state index >= 15 is 0 Å². The lowest BCUT2D eigenvalue weighted by Gasteiger charge is -2.32. The molecule has 1 fully saturated rings. The zero-order chi connectivity index (χ0) is 9.57. The van der Waals surface area contributed by atoms with Crippen LogP contribution in [-0.4, -0.2) is 18.8 Å². The van der Waals surface area contributed by atoms with Gasteiger partial charge in [0, 0.05) is 5.54 Å². The van der Waals surface area contributed by atoms with Crippen molar-refractivity contribution in [2.24, 2.45) is 5.73 Å². The van der Waals surface area contributed by atoms with E-state index in [1.807, 2.05) is 19.1 Å². The fourth-order valence-electron chi connectivity index (χ4n) is 1.83. The van der Waals surface area contributed by atoms with Crippen LogP contribution in [0.3, 0.4) is 0 Å². The molecule has 1 rings (SSSR count). The molecular weight excluding hydrogens is 162 g/mol. The zero-order valence-electron chi connectivity index (χ0n) is 8.59. The van der Waals surface area contributed by atoms with Crippen molar-refractivity contribution in [1.82, 2.24) is 0 Å². The maximum atomic E-state index is 6.19. The van der Waals surface area contributed by atoms with E-state index in [1.54, 1.807) is 0 Å². The Labute approximate surface area is 81.1 Å². The second-order valence-electron chi connectivity index (χ2n) is 4.01. The molecule has 0 aromatic rings. The number of ether oxygens (including phenoxy) is 1. The van der Waals surface area contributed by atoms with Gasteiger partial charge >= 0.3 is 0 Å². The summed E-state index contributed by atoms with van der Waals surface area (Å²) in [4.78, 5) is 0. The third kappa shape index (κ3) is 3.92. The molecule has 0 heterocycles. The Morgan fingerprint density at radius 3 is 2.62 bits per heavy atom. The molecule has 0 spiro atoms. The molecule has 2 heteroatoms. The van der Waals surface area contributed by atoms with Crippen LogP contribution < -0.4 is 5.73 Å². The van der Waals surface area contributed by atoms with Gasteiger partial charge in [-0.2, -0.15) is 0 Å². The summed E-state index contributed by atoms with van der Waals surface area (Å²) < 4.78 is 5.50. The highest BCUT2D eigenvalue weighted by Crippen LogP contribution is 2.25. The van der Waals surface area contributed by atoms with E-state index in [0.717, 1.165) is 19.4 Å². The van der Waals surface area contributed by atoms with Crippen molar-refractivity contribution in [3.05, 3.63) is 12.2 Å². The van der Waals surface area contributed by atoms with Crippen molar-refractivity contribution < 1.29 is 4.74 Å². The van der Waals surface area contributed by atoms with Crippen molar-refractivity contribution in [3.8, 4) is 0 Å². The first-order valence-electron chi connectivity index (χ1n) is 5.25. The number of nitrogens with two attached hydrogens (primary N) is 1. The van der Waals surface area contributed by atoms with Crippen LogP contribution in [-0.2, 0) is 4.74 Å².